The van der Waals surface area contributed by atoms with Gasteiger partial charge in [-0.25, -0.2) is 0 Å². The van der Waals surface area contributed by atoms with Crippen molar-refractivity contribution < 1.29 is 0 Å². The normalized spacial score (nSPS) is 0. The zero-order chi connectivity index (χ0) is 0. The SMILES string of the molecule is [Ga].[Ga].[Ga].[Ga].[Ga].[Ga].[Ga].[Ga].[Ga].[Ga].[Ga].[Ga].[Ga].[Ga].[Ga].[Ga].[Ga].[Ga].[Ga].[Ga].[Ga].[Ga].[Ga].[Ga].[Ga].[Ga].[Ga].[Ga].[Ga].[Ga].[Ga].[Ga].[Ga].[Ga].[Ga].[Ga].[Ga].[Ga].[Ga].[Ga].[Ga].[Ga].[Ga].[Ga].[Ga].[Ga].[Ga].[Ga].[Ga].[Ga].[Ga].[Ga].[Ga].[Ga].[Ga].[Ga].[Ga].[Ga].[Ga].[Ga].[Ga].[Ga].[Ga].[Ga].[Ga].[In].[In].[In].[In].[In].[In].[In].[In].[In].[In].[In].[In].[In].[In].[In].[In].[In].[In].[In].[Sn].[Sn].[Sn].[Sn].[Sn].[Sn].[Sn].[Sn].[Sn].[Sn].[Sn].[Sn].[Sn].[Sn].[Sn].[Sn]. The molecule has 0 heterocycles. The maximum atomic E-state index is 0. The first-order valence-corrected chi connectivity index (χ1v) is 0. The van der Waals surface area contributed by atoms with Crippen LogP contribution in [0.5, 0.6) is 0 Å². The van der Waals surface area contributed by atoms with Gasteiger partial charge in [-0.2, -0.15) is 0 Å². The van der Waals surface area contributed by atoms with Crippen LogP contribution in [0.4, 0.5) is 0 Å². The number of hydrogen-bond donors (Lipinski definition) is 0. The third-order valence-electron chi connectivity index (χ3n) is 0. The third-order valence-corrected chi connectivity index (χ3v) is 0. The molecular formula is Ga65In19Sn16. The molecule has 0 aromatic carbocycles. The molecule has 0 atom stereocenters. The average molecular weight is 8610 g/mol. The largest absolute Gasteiger partial charge is 0 e. The van der Waals surface area contributed by atoms with Crippen LogP contribution >= 0.6 is 0 Å². The van der Waals surface area contributed by atoms with Crippen molar-refractivity contribution in [3.05, 3.63) is 0 Å². The molecule has 0 aliphatic rings. The van der Waals surface area contributed by atoms with Crippen molar-refractivity contribution in [1.82, 2.24) is 0 Å². The summed E-state index contributed by atoms with van der Waals surface area (Å²) in [5.41, 5.74) is 0. The second kappa shape index (κ2) is 966. The molecule has 0 aromatic rings. The Balaban J connectivity index is 0. The predicted octanol–water partition coefficient (Wildman–Crippen LogP) is -38.1. The van der Waals surface area contributed by atoms with Crippen LogP contribution in [0.2, 0.25) is 0 Å². The van der Waals surface area contributed by atoms with E-state index in [0.717, 1.165) is 0 Å². The summed E-state index contributed by atoms with van der Waals surface area (Å²) in [5.74, 6) is 0. The molecule has 100 heteroatoms. The number of rotatable bonds is 0. The van der Waals surface area contributed by atoms with E-state index in [9.17, 15) is 0 Å². The molecule has 0 nitrogen and oxygen atoms in total. The summed E-state index contributed by atoms with van der Waals surface area (Å²) >= 11 is 0. The molecule has 100 heavy (non-hydrogen) atoms. The first-order valence-electron chi connectivity index (χ1n) is 0. The topological polar surface area (TPSA) is 0 Å². The minimum Gasteiger partial charge on any atom is 0 e. The Morgan fingerprint density at radius 2 is 0.0300 bits per heavy atom. The van der Waals surface area contributed by atoms with Crippen molar-refractivity contribution in [2.45, 2.75) is 0 Å². The van der Waals surface area contributed by atoms with Crippen LogP contribution in [0, 0.1) is 0 Å². The molecule has 0 aromatic heterocycles. The van der Waals surface area contributed by atoms with E-state index in [1.807, 2.05) is 0 Å². The fourth-order valence-electron chi connectivity index (χ4n) is 0. The Morgan fingerprint density at radius 3 is 0.0300 bits per heavy atom. The second-order valence-electron chi connectivity index (χ2n) is 0. The van der Waals surface area contributed by atoms with Gasteiger partial charge in [0.2, 0.25) is 0 Å². The van der Waals surface area contributed by atoms with Gasteiger partial charge in [0.05, 0.1) is 0 Å². The van der Waals surface area contributed by atoms with E-state index in [1.54, 1.807) is 0 Å². The molecule has 0 aliphatic heterocycles. The molecular weight excluding hydrogens is 8610 g/mol. The van der Waals surface area contributed by atoms with Crippen molar-refractivity contribution >= 4 is 2160 Å². The van der Waals surface area contributed by atoms with Gasteiger partial charge in [-0.05, 0) is 0 Å². The molecule has 0 spiro atoms. The molecule has 0 N–H and O–H groups in total. The minimum absolute atomic E-state index is 0. The molecule has 0 bridgehead atoms. The first-order chi connectivity index (χ1) is 0. The van der Waals surface area contributed by atoms with Crippen LogP contribution in [-0.4, -0.2) is 2160 Å². The zero-order valence-corrected chi connectivity index (χ0v) is 322. The van der Waals surface area contributed by atoms with Gasteiger partial charge in [-0.1, -0.05) is 0 Å². The molecule has 316 radical (unpaired) electrons. The van der Waals surface area contributed by atoms with E-state index in [4.69, 9.17) is 0 Å². The van der Waals surface area contributed by atoms with E-state index in [0.29, 0.717) is 0 Å². The Kier molecular flexibility index (Phi) is 9510. The molecule has 0 saturated heterocycles. The van der Waals surface area contributed by atoms with Crippen molar-refractivity contribution in [2.75, 3.05) is 0 Å². The Bertz CT molecular complexity index is 128. The summed E-state index contributed by atoms with van der Waals surface area (Å²) in [4.78, 5) is 0. The molecule has 0 unspecified atom stereocenters. The van der Waals surface area contributed by atoms with Gasteiger partial charge in [0.25, 0.3) is 0 Å². The third kappa shape index (κ3) is 949. The smallest absolute Gasteiger partial charge is 0 e. The quantitative estimate of drug-likeness (QED) is 0.212. The summed E-state index contributed by atoms with van der Waals surface area (Å²) in [6.07, 6.45) is 0. The Hall–Kier alpha value is 70.7. The second-order valence-corrected chi connectivity index (χ2v) is 0. The zero-order valence-electron chi connectivity index (χ0n) is 56.5. The van der Waals surface area contributed by atoms with Crippen molar-refractivity contribution in [3.8, 4) is 0 Å². The summed E-state index contributed by atoms with van der Waals surface area (Å²) in [7, 11) is 0. The molecule has 0 saturated carbocycles. The van der Waals surface area contributed by atoms with Crippen LogP contribution in [0.25, 0.3) is 0 Å². The maximum absolute atomic E-state index is 0. The van der Waals surface area contributed by atoms with Gasteiger partial charge in [-0.3, -0.25) is 0 Å². The summed E-state index contributed by atoms with van der Waals surface area (Å²) < 4.78 is 0. The van der Waals surface area contributed by atoms with Crippen molar-refractivity contribution in [3.63, 3.8) is 0 Å². The van der Waals surface area contributed by atoms with Gasteiger partial charge in [0.1, 0.15) is 0 Å². The molecule has 0 aliphatic carbocycles. The summed E-state index contributed by atoms with van der Waals surface area (Å²) in [6.45, 7) is 0. The average Bonchev–Trinajstić information content (AvgIpc) is 0. The van der Waals surface area contributed by atoms with E-state index >= 15 is 0 Å². The Morgan fingerprint density at radius 1 is 0.0300 bits per heavy atom. The standard InChI is InChI=1S/65Ga.19In.16Sn. The van der Waals surface area contributed by atoms with Crippen molar-refractivity contribution in [1.29, 1.82) is 0 Å². The maximum Gasteiger partial charge on any atom is 0 e. The van der Waals surface area contributed by atoms with Crippen molar-refractivity contribution in [2.24, 2.45) is 0 Å². The van der Waals surface area contributed by atoms with E-state index in [2.05, 4.69) is 0 Å². The Labute approximate surface area is 2090 Å². The van der Waals surface area contributed by atoms with Gasteiger partial charge >= 0.3 is 0 Å². The van der Waals surface area contributed by atoms with Gasteiger partial charge in [0, 0.05) is 2160 Å². The van der Waals surface area contributed by atoms with Gasteiger partial charge in [-0.15, -0.1) is 0 Å². The minimum atomic E-state index is 0. The van der Waals surface area contributed by atoms with Gasteiger partial charge < -0.3 is 0 Å². The first kappa shape index (κ1) is 984. The van der Waals surface area contributed by atoms with E-state index in [1.165, 1.54) is 0 Å². The van der Waals surface area contributed by atoms with Crippen LogP contribution in [0.15, 0.2) is 0 Å². The van der Waals surface area contributed by atoms with Crippen LogP contribution < -0.4 is 0 Å². The predicted molar refractivity (Wildman–Crippen MR) is 575 cm³/mol. The van der Waals surface area contributed by atoms with Crippen LogP contribution in [-0.2, 0) is 0 Å². The molecule has 0 fully saturated rings. The van der Waals surface area contributed by atoms with E-state index < -0.39 is 0 Å². The fraction of sp³-hybridized carbons (Fsp3) is 0. The number of hydrogen-bond acceptors (Lipinski definition) is 0. The summed E-state index contributed by atoms with van der Waals surface area (Å²) in [6, 6.07) is 0. The summed E-state index contributed by atoms with van der Waals surface area (Å²) in [5, 5.41) is 0. The monoisotopic (exact) mass is 8580 g/mol. The van der Waals surface area contributed by atoms with Crippen LogP contribution in [0.3, 0.4) is 0 Å². The molecule has 0 rings (SSSR count). The molecule has 0 amide bonds. The fourth-order valence-corrected chi connectivity index (χ4v) is 0. The molecule has 316 valence electrons. The van der Waals surface area contributed by atoms with Crippen LogP contribution in [0.1, 0.15) is 0 Å². The van der Waals surface area contributed by atoms with Gasteiger partial charge in [0.15, 0.2) is 0 Å². The van der Waals surface area contributed by atoms with E-state index in [-0.39, 0.29) is 2160 Å².